The van der Waals surface area contributed by atoms with Crippen molar-refractivity contribution in [3.63, 3.8) is 0 Å². The molecule has 0 fully saturated rings. The van der Waals surface area contributed by atoms with Gasteiger partial charge in [-0.2, -0.15) is 0 Å². The third kappa shape index (κ3) is 13.5. The molecule has 0 aliphatic heterocycles. The van der Waals surface area contributed by atoms with Crippen LogP contribution >= 0.6 is 0 Å². The molecule has 0 aromatic carbocycles. The third-order valence-corrected chi connectivity index (χ3v) is 4.59. The second kappa shape index (κ2) is 16.9. The van der Waals surface area contributed by atoms with E-state index < -0.39 is 54.3 Å². The van der Waals surface area contributed by atoms with Crippen LogP contribution in [0.15, 0.2) is 0 Å². The number of rotatable bonds is 18. The highest BCUT2D eigenvalue weighted by atomic mass is 16.4. The van der Waals surface area contributed by atoms with Gasteiger partial charge in [0.2, 0.25) is 17.7 Å². The lowest BCUT2D eigenvalue weighted by atomic mass is 10.1. The SMILES string of the molecule is NCCCCC(NC(=O)C(CCCCN)NC(=O)CNC(=O)C(N)CCC(=O)O)C(=O)O. The fourth-order valence-electron chi connectivity index (χ4n) is 2.74. The Labute approximate surface area is 186 Å². The Bertz CT molecular complexity index is 631. The summed E-state index contributed by atoms with van der Waals surface area (Å²) in [4.78, 5) is 58.6. The van der Waals surface area contributed by atoms with Crippen molar-refractivity contribution in [1.82, 2.24) is 16.0 Å². The minimum Gasteiger partial charge on any atom is -0.481 e. The molecule has 3 unspecified atom stereocenters. The molecule has 0 aliphatic carbocycles. The fourth-order valence-corrected chi connectivity index (χ4v) is 2.74. The van der Waals surface area contributed by atoms with Gasteiger partial charge in [-0.05, 0) is 58.0 Å². The lowest BCUT2D eigenvalue weighted by molar-refractivity contribution is -0.142. The molecule has 0 spiro atoms. The molecular weight excluding hydrogens is 424 g/mol. The van der Waals surface area contributed by atoms with Gasteiger partial charge in [0.05, 0.1) is 12.6 Å². The van der Waals surface area contributed by atoms with Gasteiger partial charge in [0, 0.05) is 6.42 Å². The molecule has 0 rings (SSSR count). The minimum atomic E-state index is -1.19. The largest absolute Gasteiger partial charge is 0.481 e. The van der Waals surface area contributed by atoms with Gasteiger partial charge in [0.1, 0.15) is 12.1 Å². The highest BCUT2D eigenvalue weighted by Crippen LogP contribution is 2.05. The summed E-state index contributed by atoms with van der Waals surface area (Å²) in [6.45, 7) is 0.326. The van der Waals surface area contributed by atoms with Crippen LogP contribution in [0.3, 0.4) is 0 Å². The number of hydrogen-bond acceptors (Lipinski definition) is 8. The van der Waals surface area contributed by atoms with E-state index in [1.807, 2.05) is 0 Å². The first-order valence-electron chi connectivity index (χ1n) is 10.6. The van der Waals surface area contributed by atoms with Crippen LogP contribution in [-0.4, -0.2) is 77.6 Å². The van der Waals surface area contributed by atoms with E-state index in [2.05, 4.69) is 16.0 Å². The van der Waals surface area contributed by atoms with Crippen molar-refractivity contribution >= 4 is 29.7 Å². The Hall–Kier alpha value is -2.77. The standard InChI is InChI=1S/C19H36N6O7/c20-9-3-1-5-13(18(30)25-14(19(31)32)6-2-4-10-21)24-15(26)11-23-17(29)12(22)7-8-16(27)28/h12-14H,1-11,20-22H2,(H,23,29)(H,24,26)(H,25,30)(H,27,28)(H,31,32). The van der Waals surface area contributed by atoms with Gasteiger partial charge >= 0.3 is 11.9 Å². The maximum atomic E-state index is 12.6. The Morgan fingerprint density at radius 1 is 0.750 bits per heavy atom. The van der Waals surface area contributed by atoms with E-state index in [-0.39, 0.29) is 25.7 Å². The molecule has 3 atom stereocenters. The number of carbonyl (C=O) groups is 5. The molecule has 13 nitrogen and oxygen atoms in total. The number of carboxylic acid groups (broad SMARTS) is 2. The zero-order chi connectivity index (χ0) is 24.5. The van der Waals surface area contributed by atoms with E-state index in [4.69, 9.17) is 22.3 Å². The normalized spacial score (nSPS) is 13.5. The molecule has 184 valence electrons. The number of carboxylic acids is 2. The monoisotopic (exact) mass is 460 g/mol. The van der Waals surface area contributed by atoms with Crippen LogP contribution in [0.4, 0.5) is 0 Å². The van der Waals surface area contributed by atoms with Gasteiger partial charge in [-0.3, -0.25) is 19.2 Å². The van der Waals surface area contributed by atoms with Crippen LogP contribution < -0.4 is 33.2 Å². The Morgan fingerprint density at radius 3 is 1.81 bits per heavy atom. The number of nitrogens with two attached hydrogens (primary N) is 3. The predicted octanol–water partition coefficient (Wildman–Crippen LogP) is -2.39. The molecule has 0 radical (unpaired) electrons. The predicted molar refractivity (Wildman–Crippen MR) is 115 cm³/mol. The summed E-state index contributed by atoms with van der Waals surface area (Å²) in [5.74, 6) is -4.31. The molecule has 0 aromatic heterocycles. The highest BCUT2D eigenvalue weighted by Gasteiger charge is 2.26. The van der Waals surface area contributed by atoms with Crippen molar-refractivity contribution in [2.24, 2.45) is 17.2 Å². The molecular formula is C19H36N6O7. The molecule has 32 heavy (non-hydrogen) atoms. The first kappa shape index (κ1) is 29.2. The summed E-state index contributed by atoms with van der Waals surface area (Å²) < 4.78 is 0. The number of carbonyl (C=O) groups excluding carboxylic acids is 3. The number of amides is 3. The summed E-state index contributed by atoms with van der Waals surface area (Å²) >= 11 is 0. The van der Waals surface area contributed by atoms with E-state index in [9.17, 15) is 29.1 Å². The fraction of sp³-hybridized carbons (Fsp3) is 0.737. The van der Waals surface area contributed by atoms with Gasteiger partial charge in [-0.15, -0.1) is 0 Å². The van der Waals surface area contributed by atoms with E-state index in [1.54, 1.807) is 0 Å². The second-order valence-corrected chi connectivity index (χ2v) is 7.35. The van der Waals surface area contributed by atoms with Crippen molar-refractivity contribution < 1.29 is 34.2 Å². The molecule has 0 aromatic rings. The number of hydrogen-bond donors (Lipinski definition) is 8. The summed E-state index contributed by atoms with van der Waals surface area (Å²) in [6, 6.07) is -3.22. The topological polar surface area (TPSA) is 240 Å². The van der Waals surface area contributed by atoms with Crippen molar-refractivity contribution in [3.8, 4) is 0 Å². The number of nitrogens with one attached hydrogen (secondary N) is 3. The lowest BCUT2D eigenvalue weighted by Gasteiger charge is -2.22. The van der Waals surface area contributed by atoms with E-state index in [0.717, 1.165) is 0 Å². The van der Waals surface area contributed by atoms with Crippen LogP contribution in [0.5, 0.6) is 0 Å². The maximum Gasteiger partial charge on any atom is 0.326 e. The van der Waals surface area contributed by atoms with Crippen LogP contribution in [0.25, 0.3) is 0 Å². The first-order valence-corrected chi connectivity index (χ1v) is 10.6. The van der Waals surface area contributed by atoms with E-state index >= 15 is 0 Å². The average Bonchev–Trinajstić information content (AvgIpc) is 2.74. The number of aliphatic carboxylic acids is 2. The van der Waals surface area contributed by atoms with Gasteiger partial charge < -0.3 is 43.4 Å². The van der Waals surface area contributed by atoms with Gasteiger partial charge in [-0.25, -0.2) is 4.79 Å². The quantitative estimate of drug-likeness (QED) is 0.101. The summed E-state index contributed by atoms with van der Waals surface area (Å²) in [5, 5.41) is 25.1. The molecule has 11 N–H and O–H groups in total. The maximum absolute atomic E-state index is 12.6. The molecule has 0 bridgehead atoms. The first-order chi connectivity index (χ1) is 15.1. The zero-order valence-corrected chi connectivity index (χ0v) is 18.2. The van der Waals surface area contributed by atoms with Crippen LogP contribution in [-0.2, 0) is 24.0 Å². The van der Waals surface area contributed by atoms with Crippen molar-refractivity contribution in [1.29, 1.82) is 0 Å². The van der Waals surface area contributed by atoms with Gasteiger partial charge in [0.25, 0.3) is 0 Å². The zero-order valence-electron chi connectivity index (χ0n) is 18.2. The lowest BCUT2D eigenvalue weighted by Crippen LogP contribution is -2.53. The second-order valence-electron chi connectivity index (χ2n) is 7.35. The minimum absolute atomic E-state index is 0.0896. The van der Waals surface area contributed by atoms with Crippen LogP contribution in [0.1, 0.15) is 51.4 Å². The molecule has 0 heterocycles. The summed E-state index contributed by atoms with van der Waals surface area (Å²) in [6.07, 6.45) is 2.31. The van der Waals surface area contributed by atoms with Crippen molar-refractivity contribution in [3.05, 3.63) is 0 Å². The smallest absolute Gasteiger partial charge is 0.326 e. The van der Waals surface area contributed by atoms with Crippen LogP contribution in [0, 0.1) is 0 Å². The van der Waals surface area contributed by atoms with Crippen molar-refractivity contribution in [2.45, 2.75) is 69.5 Å². The Morgan fingerprint density at radius 2 is 1.31 bits per heavy atom. The van der Waals surface area contributed by atoms with Gasteiger partial charge in [0.15, 0.2) is 0 Å². The Kier molecular flexibility index (Phi) is 15.4. The number of unbranched alkanes of at least 4 members (excludes halogenated alkanes) is 2. The molecule has 0 saturated carbocycles. The molecule has 0 saturated heterocycles. The summed E-state index contributed by atoms with van der Waals surface area (Å²) in [7, 11) is 0. The molecule has 13 heteroatoms. The van der Waals surface area contributed by atoms with Crippen molar-refractivity contribution in [2.75, 3.05) is 19.6 Å². The summed E-state index contributed by atoms with van der Waals surface area (Å²) in [5.41, 5.74) is 16.4. The highest BCUT2D eigenvalue weighted by molar-refractivity contribution is 5.92. The molecule has 0 aliphatic rings. The van der Waals surface area contributed by atoms with Crippen LogP contribution in [0.2, 0.25) is 0 Å². The Balaban J connectivity index is 4.85. The average molecular weight is 461 g/mol. The van der Waals surface area contributed by atoms with E-state index in [1.165, 1.54) is 0 Å². The van der Waals surface area contributed by atoms with E-state index in [0.29, 0.717) is 38.8 Å². The third-order valence-electron chi connectivity index (χ3n) is 4.59. The molecule has 3 amide bonds. The van der Waals surface area contributed by atoms with Gasteiger partial charge in [-0.1, -0.05) is 0 Å².